The zero-order chi connectivity index (χ0) is 30.3. The first-order valence-corrected chi connectivity index (χ1v) is 14.9. The van der Waals surface area contributed by atoms with Crippen LogP contribution in [-0.2, 0) is 24.4 Å². The Morgan fingerprint density at radius 2 is 2.05 bits per heavy atom. The van der Waals surface area contributed by atoms with Crippen molar-refractivity contribution in [1.82, 2.24) is 30.1 Å². The number of aliphatic hydroxyl groups is 1. The number of hydrogen-bond acceptors (Lipinski definition) is 10. The average molecular weight is 592 g/mol. The lowest BCUT2D eigenvalue weighted by Crippen LogP contribution is -2.42. The Balaban J connectivity index is 1.06. The summed E-state index contributed by atoms with van der Waals surface area (Å²) in [5, 5.41) is 16.9. The van der Waals surface area contributed by atoms with Gasteiger partial charge in [0.25, 0.3) is 5.91 Å². The summed E-state index contributed by atoms with van der Waals surface area (Å²) in [4.78, 5) is 40.8. The van der Waals surface area contributed by atoms with Gasteiger partial charge in [-0.15, -0.1) is 0 Å². The smallest absolute Gasteiger partial charge is 0.270 e. The van der Waals surface area contributed by atoms with E-state index in [0.717, 1.165) is 56.5 Å². The maximum absolute atomic E-state index is 12.8. The molecule has 1 aromatic carbocycles. The van der Waals surface area contributed by atoms with Crippen molar-refractivity contribution in [3.63, 3.8) is 0 Å². The first-order chi connectivity index (χ1) is 20.8. The van der Waals surface area contributed by atoms with Gasteiger partial charge in [-0.25, -0.2) is 15.0 Å². The number of ether oxygens (including phenoxy) is 1. The molecule has 5 rings (SSSR count). The number of anilines is 1. The van der Waals surface area contributed by atoms with Gasteiger partial charge < -0.3 is 29.8 Å². The van der Waals surface area contributed by atoms with E-state index in [1.165, 1.54) is 23.8 Å². The summed E-state index contributed by atoms with van der Waals surface area (Å²) in [6.45, 7) is 6.09. The predicted molar refractivity (Wildman–Crippen MR) is 159 cm³/mol. The summed E-state index contributed by atoms with van der Waals surface area (Å²) in [6, 6.07) is 6.19. The molecule has 3 heterocycles. The van der Waals surface area contributed by atoms with Gasteiger partial charge >= 0.3 is 0 Å². The molecule has 2 aromatic heterocycles. The topological polar surface area (TPSA) is 146 Å². The highest BCUT2D eigenvalue weighted by atomic mass is 16.5. The second-order valence-corrected chi connectivity index (χ2v) is 11.5. The molecule has 0 radical (unpaired) electrons. The lowest BCUT2D eigenvalue weighted by Gasteiger charge is -2.34. The number of carbonyl (C=O) groups is 2. The second-order valence-electron chi connectivity index (χ2n) is 11.5. The average Bonchev–Trinajstić information content (AvgIpc) is 3.53. The fourth-order valence-electron chi connectivity index (χ4n) is 5.95. The molecule has 43 heavy (non-hydrogen) atoms. The molecule has 0 spiro atoms. The van der Waals surface area contributed by atoms with Crippen molar-refractivity contribution in [3.8, 4) is 5.75 Å². The summed E-state index contributed by atoms with van der Waals surface area (Å²) in [7, 11) is 1.86. The maximum atomic E-state index is 12.8. The normalized spacial score (nSPS) is 19.3. The monoisotopic (exact) mass is 591 g/mol. The Kier molecular flexibility index (Phi) is 9.88. The van der Waals surface area contributed by atoms with Gasteiger partial charge in [0, 0.05) is 58.3 Å². The molecule has 0 unspecified atom stereocenters. The summed E-state index contributed by atoms with van der Waals surface area (Å²) < 4.78 is 11.2. The van der Waals surface area contributed by atoms with Crippen molar-refractivity contribution >= 4 is 17.6 Å². The number of nitrogens with one attached hydrogen (secondary N) is 2. The number of β-amino-alcohol motifs (C(OH)–C–C–N with tert-alkyl or cyclic N) is 1. The number of hydrogen-bond donors (Lipinski definition) is 3. The molecule has 12 heteroatoms. The minimum Gasteiger partial charge on any atom is -0.485 e. The highest BCUT2D eigenvalue weighted by Crippen LogP contribution is 2.30. The zero-order valence-electron chi connectivity index (χ0n) is 25.1. The molecule has 2 amide bonds. The Morgan fingerprint density at radius 3 is 2.79 bits per heavy atom. The molecule has 2 aliphatic rings. The van der Waals surface area contributed by atoms with Crippen LogP contribution in [-0.4, -0.2) is 86.5 Å². The molecule has 1 atom stereocenters. The zero-order valence-corrected chi connectivity index (χ0v) is 25.1. The number of aromatic nitrogens is 3. The molecule has 1 aliphatic carbocycles. The third-order valence-corrected chi connectivity index (χ3v) is 8.53. The lowest BCUT2D eigenvalue weighted by molar-refractivity contribution is -0.130. The summed E-state index contributed by atoms with van der Waals surface area (Å²) in [6.07, 6.45) is 8.22. The van der Waals surface area contributed by atoms with E-state index in [4.69, 9.17) is 9.15 Å². The fraction of sp³-hybridized carbons (Fsp3) is 0.516. The van der Waals surface area contributed by atoms with Gasteiger partial charge in [-0.05, 0) is 61.8 Å². The van der Waals surface area contributed by atoms with E-state index >= 15 is 0 Å². The van der Waals surface area contributed by atoms with E-state index < -0.39 is 6.10 Å². The number of benzene rings is 1. The number of carbonyl (C=O) groups excluding carboxylic acids is 2. The summed E-state index contributed by atoms with van der Waals surface area (Å²) in [5.74, 6) is 1.84. The molecule has 0 bridgehead atoms. The van der Waals surface area contributed by atoms with Crippen molar-refractivity contribution in [3.05, 3.63) is 65.3 Å². The maximum Gasteiger partial charge on any atom is 0.270 e. The van der Waals surface area contributed by atoms with Crippen molar-refractivity contribution in [2.45, 2.75) is 77.3 Å². The molecule has 230 valence electrons. The second kappa shape index (κ2) is 14.0. The number of nitrogens with zero attached hydrogens (tertiary/aromatic N) is 5. The van der Waals surface area contributed by atoms with Gasteiger partial charge in [0.2, 0.25) is 5.91 Å². The number of aliphatic hydroxyl groups excluding tert-OH is 1. The molecular weight excluding hydrogens is 550 g/mol. The van der Waals surface area contributed by atoms with Crippen LogP contribution in [0.15, 0.2) is 41.5 Å². The van der Waals surface area contributed by atoms with Gasteiger partial charge in [0.15, 0.2) is 12.2 Å². The SMILES string of the molecule is CC(=O)N(C)[C@H]1CC[C@H](Nc2cc(C(=O)NC[C@H](O)CN3CCc4c(ccc(OCc5cnco5)c4C)C3)ncn2)CC1. The molecule has 3 aromatic rings. The van der Waals surface area contributed by atoms with Crippen molar-refractivity contribution < 1.29 is 23.8 Å². The van der Waals surface area contributed by atoms with Crippen LogP contribution >= 0.6 is 0 Å². The minimum absolute atomic E-state index is 0.0879. The van der Waals surface area contributed by atoms with E-state index in [9.17, 15) is 14.7 Å². The number of amides is 2. The van der Waals surface area contributed by atoms with Crippen LogP contribution in [0.25, 0.3) is 0 Å². The van der Waals surface area contributed by atoms with Crippen LogP contribution < -0.4 is 15.4 Å². The van der Waals surface area contributed by atoms with Crippen LogP contribution in [0.5, 0.6) is 5.75 Å². The van der Waals surface area contributed by atoms with Gasteiger partial charge in [-0.1, -0.05) is 6.07 Å². The fourth-order valence-corrected chi connectivity index (χ4v) is 5.95. The predicted octanol–water partition coefficient (Wildman–Crippen LogP) is 2.70. The van der Waals surface area contributed by atoms with Crippen LogP contribution in [0.3, 0.4) is 0 Å². The first-order valence-electron chi connectivity index (χ1n) is 14.9. The molecule has 0 saturated heterocycles. The van der Waals surface area contributed by atoms with Crippen LogP contribution in [0.2, 0.25) is 0 Å². The Hall–Kier alpha value is -4.03. The number of fused-ring (bicyclic) bond motifs is 1. The highest BCUT2D eigenvalue weighted by molar-refractivity contribution is 5.92. The van der Waals surface area contributed by atoms with E-state index in [1.54, 1.807) is 19.2 Å². The van der Waals surface area contributed by atoms with Gasteiger partial charge in [-0.3, -0.25) is 14.5 Å². The summed E-state index contributed by atoms with van der Waals surface area (Å²) >= 11 is 0. The third-order valence-electron chi connectivity index (χ3n) is 8.53. The molecular formula is C31H41N7O5. The number of oxazole rings is 1. The van der Waals surface area contributed by atoms with Crippen molar-refractivity contribution in [1.29, 1.82) is 0 Å². The minimum atomic E-state index is -0.723. The highest BCUT2D eigenvalue weighted by Gasteiger charge is 2.26. The molecule has 1 fully saturated rings. The van der Waals surface area contributed by atoms with Crippen molar-refractivity contribution in [2.75, 3.05) is 32.0 Å². The largest absolute Gasteiger partial charge is 0.485 e. The van der Waals surface area contributed by atoms with Crippen LogP contribution in [0.4, 0.5) is 5.82 Å². The van der Waals surface area contributed by atoms with E-state index in [0.29, 0.717) is 24.7 Å². The van der Waals surface area contributed by atoms with Crippen molar-refractivity contribution in [2.24, 2.45) is 0 Å². The Bertz CT molecular complexity index is 1390. The Labute approximate surface area is 251 Å². The molecule has 3 N–H and O–H groups in total. The van der Waals surface area contributed by atoms with E-state index in [1.807, 2.05) is 18.0 Å². The van der Waals surface area contributed by atoms with Gasteiger partial charge in [0.05, 0.1) is 12.3 Å². The Morgan fingerprint density at radius 1 is 1.23 bits per heavy atom. The standard InChI is InChI=1S/C31H41N7O5/c1-20-27-10-11-38(15-22(27)4-9-29(20)42-17-26-14-32-19-43-26)16-25(40)13-33-31(41)28-12-30(35-18-34-28)36-23-5-7-24(8-6-23)37(3)21(2)39/h4,9,12,14,18-19,23-25,40H,5-8,10-11,13,15-17H2,1-3H3,(H,33,41)(H,34,35,36)/t23-,24-,25-/m0/s1. The third kappa shape index (κ3) is 7.88. The van der Waals surface area contributed by atoms with E-state index in [2.05, 4.69) is 43.5 Å². The van der Waals surface area contributed by atoms with E-state index in [-0.39, 0.29) is 36.1 Å². The molecule has 1 aliphatic heterocycles. The molecule has 12 nitrogen and oxygen atoms in total. The summed E-state index contributed by atoms with van der Waals surface area (Å²) in [5.41, 5.74) is 3.86. The quantitative estimate of drug-likeness (QED) is 0.304. The van der Waals surface area contributed by atoms with Crippen LogP contribution in [0, 0.1) is 6.92 Å². The lowest BCUT2D eigenvalue weighted by atomic mass is 9.90. The van der Waals surface area contributed by atoms with Gasteiger partial charge in [0.1, 0.15) is 30.2 Å². The first kappa shape index (κ1) is 30.4. The van der Waals surface area contributed by atoms with Crippen LogP contribution in [0.1, 0.15) is 65.5 Å². The van der Waals surface area contributed by atoms with Gasteiger partial charge in [-0.2, -0.15) is 0 Å². The molecule has 1 saturated carbocycles. The number of rotatable bonds is 11.